The molecule has 0 radical (unpaired) electrons. The molecule has 0 spiro atoms. The van der Waals surface area contributed by atoms with Gasteiger partial charge in [0.2, 0.25) is 5.91 Å². The average Bonchev–Trinajstić information content (AvgIpc) is 3.24. The van der Waals surface area contributed by atoms with Gasteiger partial charge in [-0.3, -0.25) is 4.79 Å². The van der Waals surface area contributed by atoms with E-state index in [4.69, 9.17) is 4.42 Å². The molecule has 3 N–H and O–H groups in total. The van der Waals surface area contributed by atoms with Crippen molar-refractivity contribution in [2.24, 2.45) is 4.99 Å². The van der Waals surface area contributed by atoms with Crippen molar-refractivity contribution in [2.75, 3.05) is 19.6 Å². The molecule has 6 nitrogen and oxygen atoms in total. The zero-order valence-corrected chi connectivity index (χ0v) is 16.3. The van der Waals surface area contributed by atoms with Crippen molar-refractivity contribution in [3.8, 4) is 0 Å². The number of nitrogens with zero attached hydrogens (tertiary/aromatic N) is 1. The molecule has 7 heteroatoms. The number of hydrogen-bond acceptors (Lipinski definition) is 4. The van der Waals surface area contributed by atoms with Gasteiger partial charge in [-0.15, -0.1) is 11.8 Å². The summed E-state index contributed by atoms with van der Waals surface area (Å²) in [7, 11) is 0. The third-order valence-corrected chi connectivity index (χ3v) is 5.72. The van der Waals surface area contributed by atoms with Gasteiger partial charge >= 0.3 is 0 Å². The molecule has 1 fully saturated rings. The lowest BCUT2D eigenvalue weighted by molar-refractivity contribution is -0.119. The van der Waals surface area contributed by atoms with Gasteiger partial charge in [-0.25, -0.2) is 4.99 Å². The second-order valence-electron chi connectivity index (χ2n) is 6.50. The van der Waals surface area contributed by atoms with Crippen LogP contribution >= 0.6 is 11.8 Å². The normalized spacial score (nSPS) is 15.2. The highest BCUT2D eigenvalue weighted by molar-refractivity contribution is 8.01. The lowest BCUT2D eigenvalue weighted by Crippen LogP contribution is -2.42. The van der Waals surface area contributed by atoms with Crippen molar-refractivity contribution in [3.05, 3.63) is 54.5 Å². The average molecular weight is 387 g/mol. The van der Waals surface area contributed by atoms with Crippen LogP contribution in [0.1, 0.15) is 25.5 Å². The van der Waals surface area contributed by atoms with E-state index in [2.05, 4.69) is 45.2 Å². The molecule has 1 aromatic carbocycles. The number of rotatable bonds is 9. The fourth-order valence-electron chi connectivity index (χ4n) is 2.59. The van der Waals surface area contributed by atoms with E-state index in [1.54, 1.807) is 12.3 Å². The molecule has 0 atom stereocenters. The predicted octanol–water partition coefficient (Wildman–Crippen LogP) is 2.78. The van der Waals surface area contributed by atoms with Crippen LogP contribution in [-0.4, -0.2) is 36.2 Å². The summed E-state index contributed by atoms with van der Waals surface area (Å²) in [4.78, 5) is 17.7. The minimum atomic E-state index is -0.136. The molecule has 0 unspecified atom stereocenters. The predicted molar refractivity (Wildman–Crippen MR) is 109 cm³/mol. The number of benzene rings is 1. The van der Waals surface area contributed by atoms with Crippen molar-refractivity contribution in [2.45, 2.75) is 36.0 Å². The Kier molecular flexibility index (Phi) is 6.81. The Morgan fingerprint density at radius 2 is 1.96 bits per heavy atom. The first-order chi connectivity index (χ1) is 13.2. The summed E-state index contributed by atoms with van der Waals surface area (Å²) < 4.78 is 5.42. The molecule has 1 amide bonds. The van der Waals surface area contributed by atoms with Crippen molar-refractivity contribution in [1.29, 1.82) is 0 Å². The second-order valence-corrected chi connectivity index (χ2v) is 8.04. The van der Waals surface area contributed by atoms with Crippen molar-refractivity contribution < 1.29 is 9.21 Å². The van der Waals surface area contributed by atoms with Crippen molar-refractivity contribution in [3.63, 3.8) is 0 Å². The SMILES string of the molecule is CCNC(=NCC(=O)NCc1ccco1)NCC1(Sc2ccccc2)CC1. The molecule has 144 valence electrons. The maximum absolute atomic E-state index is 12.0. The monoisotopic (exact) mass is 386 g/mol. The quantitative estimate of drug-likeness (QED) is 0.456. The summed E-state index contributed by atoms with van der Waals surface area (Å²) in [5.74, 6) is 1.26. The number of nitrogens with one attached hydrogen (secondary N) is 3. The number of carbonyl (C=O) groups excluding carboxylic acids is 1. The first kappa shape index (κ1) is 19.4. The van der Waals surface area contributed by atoms with Crippen molar-refractivity contribution >= 4 is 23.6 Å². The minimum Gasteiger partial charge on any atom is -0.467 e. The van der Waals surface area contributed by atoms with Crippen LogP contribution < -0.4 is 16.0 Å². The van der Waals surface area contributed by atoms with E-state index in [0.29, 0.717) is 12.5 Å². The van der Waals surface area contributed by atoms with Crippen LogP contribution in [0.3, 0.4) is 0 Å². The van der Waals surface area contributed by atoms with E-state index in [9.17, 15) is 4.79 Å². The van der Waals surface area contributed by atoms with Gasteiger partial charge in [-0.05, 0) is 44.0 Å². The molecule has 3 rings (SSSR count). The van der Waals surface area contributed by atoms with E-state index in [1.165, 1.54) is 17.7 Å². The fourth-order valence-corrected chi connectivity index (χ4v) is 3.83. The number of carbonyl (C=O) groups is 1. The van der Waals surface area contributed by atoms with Crippen LogP contribution in [0.4, 0.5) is 0 Å². The lowest BCUT2D eigenvalue weighted by atomic mass is 10.4. The van der Waals surface area contributed by atoms with Crippen molar-refractivity contribution in [1.82, 2.24) is 16.0 Å². The minimum absolute atomic E-state index is 0.0782. The smallest absolute Gasteiger partial charge is 0.242 e. The summed E-state index contributed by atoms with van der Waals surface area (Å²) in [5, 5.41) is 9.39. The number of amides is 1. The zero-order chi connectivity index (χ0) is 19.0. The van der Waals surface area contributed by atoms with Crippen LogP contribution in [0.25, 0.3) is 0 Å². The molecular weight excluding hydrogens is 360 g/mol. The molecule has 1 aromatic heterocycles. The van der Waals surface area contributed by atoms with E-state index in [0.717, 1.165) is 18.8 Å². The third-order valence-electron chi connectivity index (χ3n) is 4.23. The molecular formula is C20H26N4O2S. The van der Waals surface area contributed by atoms with E-state index >= 15 is 0 Å². The summed E-state index contributed by atoms with van der Waals surface area (Å²) in [6.45, 7) is 4.04. The van der Waals surface area contributed by atoms with E-state index < -0.39 is 0 Å². The molecule has 0 bridgehead atoms. The van der Waals surface area contributed by atoms with Gasteiger partial charge in [0.1, 0.15) is 12.3 Å². The summed E-state index contributed by atoms with van der Waals surface area (Å²) in [6.07, 6.45) is 3.96. The van der Waals surface area contributed by atoms with Gasteiger partial charge in [0, 0.05) is 22.7 Å². The number of thioether (sulfide) groups is 1. The maximum atomic E-state index is 12.0. The topological polar surface area (TPSA) is 78.7 Å². The first-order valence-electron chi connectivity index (χ1n) is 9.24. The highest BCUT2D eigenvalue weighted by atomic mass is 32.2. The van der Waals surface area contributed by atoms with Gasteiger partial charge in [0.25, 0.3) is 0 Å². The van der Waals surface area contributed by atoms with Gasteiger partial charge in [0.05, 0.1) is 12.8 Å². The fraction of sp³-hybridized carbons (Fsp3) is 0.400. The summed E-state index contributed by atoms with van der Waals surface area (Å²) in [5.41, 5.74) is 0. The van der Waals surface area contributed by atoms with Crippen LogP contribution in [-0.2, 0) is 11.3 Å². The van der Waals surface area contributed by atoms with Gasteiger partial charge in [-0.2, -0.15) is 0 Å². The Morgan fingerprint density at radius 1 is 1.15 bits per heavy atom. The highest BCUT2D eigenvalue weighted by Gasteiger charge is 2.43. The Morgan fingerprint density at radius 3 is 2.63 bits per heavy atom. The Labute approximate surface area is 164 Å². The number of hydrogen-bond donors (Lipinski definition) is 3. The molecule has 2 aromatic rings. The van der Waals surface area contributed by atoms with Gasteiger partial charge < -0.3 is 20.4 Å². The molecule has 1 aliphatic rings. The van der Waals surface area contributed by atoms with Crippen LogP contribution in [0.5, 0.6) is 0 Å². The van der Waals surface area contributed by atoms with Gasteiger partial charge in [-0.1, -0.05) is 18.2 Å². The Bertz CT molecular complexity index is 743. The number of furan rings is 1. The molecule has 27 heavy (non-hydrogen) atoms. The van der Waals surface area contributed by atoms with Crippen LogP contribution in [0.15, 0.2) is 63.0 Å². The maximum Gasteiger partial charge on any atom is 0.242 e. The van der Waals surface area contributed by atoms with E-state index in [-0.39, 0.29) is 17.2 Å². The second kappa shape index (κ2) is 9.50. The zero-order valence-electron chi connectivity index (χ0n) is 15.5. The Balaban J connectivity index is 1.46. The number of guanidine groups is 1. The number of aliphatic imine (C=N–C) groups is 1. The molecule has 1 heterocycles. The highest BCUT2D eigenvalue weighted by Crippen LogP contribution is 2.51. The molecule has 0 saturated heterocycles. The molecule has 0 aliphatic heterocycles. The molecule has 1 aliphatic carbocycles. The summed E-state index contributed by atoms with van der Waals surface area (Å²) >= 11 is 1.91. The third kappa shape index (κ3) is 6.36. The Hall–Kier alpha value is -2.41. The lowest BCUT2D eigenvalue weighted by Gasteiger charge is -2.18. The van der Waals surface area contributed by atoms with E-state index in [1.807, 2.05) is 30.8 Å². The van der Waals surface area contributed by atoms with Gasteiger partial charge in [0.15, 0.2) is 5.96 Å². The largest absolute Gasteiger partial charge is 0.467 e. The molecule has 1 saturated carbocycles. The van der Waals surface area contributed by atoms with Crippen LogP contribution in [0, 0.1) is 0 Å². The summed E-state index contributed by atoms with van der Waals surface area (Å²) in [6, 6.07) is 14.1. The standard InChI is InChI=1S/C20H26N4O2S/c1-2-21-19(23-14-18(25)22-13-16-7-6-12-26-16)24-15-20(10-11-20)27-17-8-4-3-5-9-17/h3-9,12H,2,10-11,13-15H2,1H3,(H,22,25)(H2,21,23,24). The first-order valence-corrected chi connectivity index (χ1v) is 10.1. The van der Waals surface area contributed by atoms with Crippen LogP contribution in [0.2, 0.25) is 0 Å².